The molecular formula is C9H20N3. The average Bonchev–Trinajstić information content (AvgIpc) is 2.09. The van der Waals surface area contributed by atoms with Gasteiger partial charge in [0, 0.05) is 39.3 Å². The minimum atomic E-state index is 0.549. The summed E-state index contributed by atoms with van der Waals surface area (Å²) in [6.45, 7) is 9.72. The Hall–Kier alpha value is -0.120. The van der Waals surface area contributed by atoms with Gasteiger partial charge in [0.2, 0.25) is 0 Å². The number of nitrogens with zero attached hydrogens (tertiary/aromatic N) is 2. The summed E-state index contributed by atoms with van der Waals surface area (Å²) in [6.07, 6.45) is 1.26. The van der Waals surface area contributed by atoms with Crippen LogP contribution in [0.2, 0.25) is 0 Å². The summed E-state index contributed by atoms with van der Waals surface area (Å²) in [5.41, 5.74) is 7.11. The predicted octanol–water partition coefficient (Wildman–Crippen LogP) is 0.297. The molecule has 1 aliphatic heterocycles. The molecule has 1 radical (unpaired) electrons. The van der Waals surface area contributed by atoms with Gasteiger partial charge >= 0.3 is 0 Å². The van der Waals surface area contributed by atoms with Crippen LogP contribution in [-0.2, 0) is 0 Å². The number of rotatable bonds is 4. The molecular weight excluding hydrogens is 150 g/mol. The maximum absolute atomic E-state index is 7.11. The van der Waals surface area contributed by atoms with Gasteiger partial charge < -0.3 is 4.90 Å². The Kier molecular flexibility index (Phi) is 4.58. The van der Waals surface area contributed by atoms with Gasteiger partial charge in [-0.05, 0) is 13.0 Å². The lowest BCUT2D eigenvalue weighted by Gasteiger charge is -2.34. The van der Waals surface area contributed by atoms with Gasteiger partial charge in [0.1, 0.15) is 0 Å². The van der Waals surface area contributed by atoms with Crippen LogP contribution in [0.1, 0.15) is 13.3 Å². The zero-order valence-electron chi connectivity index (χ0n) is 8.05. The number of nitrogens with one attached hydrogen (secondary N) is 1. The van der Waals surface area contributed by atoms with Crippen molar-refractivity contribution in [1.29, 1.82) is 0 Å². The summed E-state index contributed by atoms with van der Waals surface area (Å²) >= 11 is 0. The van der Waals surface area contributed by atoms with E-state index < -0.39 is 0 Å². The molecule has 1 fully saturated rings. The summed E-state index contributed by atoms with van der Waals surface area (Å²) in [5.74, 6) is 0. The molecule has 1 aliphatic rings. The second-order valence-corrected chi connectivity index (χ2v) is 3.43. The SMILES string of the molecule is CCCN1CCN(CC[NH])CC1. The van der Waals surface area contributed by atoms with E-state index >= 15 is 0 Å². The minimum absolute atomic E-state index is 0.549. The molecule has 0 aromatic rings. The molecule has 0 atom stereocenters. The maximum atomic E-state index is 7.11. The summed E-state index contributed by atoms with van der Waals surface area (Å²) in [4.78, 5) is 4.90. The van der Waals surface area contributed by atoms with Crippen molar-refractivity contribution in [3.63, 3.8) is 0 Å². The Labute approximate surface area is 75.5 Å². The van der Waals surface area contributed by atoms with E-state index in [1.807, 2.05) is 0 Å². The first-order valence-electron chi connectivity index (χ1n) is 4.96. The van der Waals surface area contributed by atoms with Crippen LogP contribution in [0, 0.1) is 0 Å². The fourth-order valence-corrected chi connectivity index (χ4v) is 1.71. The Balaban J connectivity index is 2.11. The third-order valence-electron chi connectivity index (χ3n) is 2.43. The number of piperazine rings is 1. The average molecular weight is 170 g/mol. The molecule has 3 nitrogen and oxygen atoms in total. The summed E-state index contributed by atoms with van der Waals surface area (Å²) in [5, 5.41) is 0. The van der Waals surface area contributed by atoms with E-state index in [1.165, 1.54) is 39.1 Å². The highest BCUT2D eigenvalue weighted by atomic mass is 15.3. The molecule has 1 rings (SSSR count). The number of hydrogen-bond acceptors (Lipinski definition) is 2. The van der Waals surface area contributed by atoms with Gasteiger partial charge in [0.15, 0.2) is 0 Å². The molecule has 0 spiro atoms. The van der Waals surface area contributed by atoms with Crippen molar-refractivity contribution in [2.45, 2.75) is 13.3 Å². The van der Waals surface area contributed by atoms with E-state index in [4.69, 9.17) is 5.73 Å². The molecule has 12 heavy (non-hydrogen) atoms. The molecule has 3 heteroatoms. The topological polar surface area (TPSA) is 30.3 Å². The van der Waals surface area contributed by atoms with E-state index in [2.05, 4.69) is 16.7 Å². The molecule has 0 amide bonds. The molecule has 1 N–H and O–H groups in total. The lowest BCUT2D eigenvalue weighted by Crippen LogP contribution is -2.47. The first-order chi connectivity index (χ1) is 5.86. The van der Waals surface area contributed by atoms with Crippen molar-refractivity contribution in [3.8, 4) is 0 Å². The monoisotopic (exact) mass is 170 g/mol. The highest BCUT2D eigenvalue weighted by Gasteiger charge is 2.14. The van der Waals surface area contributed by atoms with Gasteiger partial charge in [-0.25, -0.2) is 0 Å². The predicted molar refractivity (Wildman–Crippen MR) is 51.1 cm³/mol. The third-order valence-corrected chi connectivity index (χ3v) is 2.43. The zero-order valence-corrected chi connectivity index (χ0v) is 8.05. The van der Waals surface area contributed by atoms with Crippen LogP contribution in [0.25, 0.3) is 0 Å². The van der Waals surface area contributed by atoms with Crippen LogP contribution < -0.4 is 5.73 Å². The van der Waals surface area contributed by atoms with Crippen molar-refractivity contribution in [2.75, 3.05) is 45.8 Å². The van der Waals surface area contributed by atoms with Crippen LogP contribution in [0.3, 0.4) is 0 Å². The van der Waals surface area contributed by atoms with Crippen molar-refractivity contribution in [3.05, 3.63) is 0 Å². The van der Waals surface area contributed by atoms with Crippen molar-refractivity contribution >= 4 is 0 Å². The van der Waals surface area contributed by atoms with Gasteiger partial charge in [-0.15, -0.1) is 0 Å². The molecule has 1 heterocycles. The molecule has 0 unspecified atom stereocenters. The standard InChI is InChI=1S/C9H20N3/c1-2-4-11-6-8-12(5-3-10)9-7-11/h10H,2-9H2,1H3. The lowest BCUT2D eigenvalue weighted by atomic mass is 10.3. The second kappa shape index (κ2) is 5.51. The molecule has 71 valence electrons. The van der Waals surface area contributed by atoms with Crippen LogP contribution >= 0.6 is 0 Å². The Morgan fingerprint density at radius 1 is 1.00 bits per heavy atom. The Morgan fingerprint density at radius 2 is 1.50 bits per heavy atom. The fourth-order valence-electron chi connectivity index (χ4n) is 1.71. The van der Waals surface area contributed by atoms with Gasteiger partial charge in [0.05, 0.1) is 0 Å². The van der Waals surface area contributed by atoms with Gasteiger partial charge in [-0.3, -0.25) is 10.6 Å². The van der Waals surface area contributed by atoms with Crippen LogP contribution in [0.15, 0.2) is 0 Å². The molecule has 0 saturated carbocycles. The molecule has 0 bridgehead atoms. The fraction of sp³-hybridized carbons (Fsp3) is 1.00. The van der Waals surface area contributed by atoms with Crippen molar-refractivity contribution in [2.24, 2.45) is 0 Å². The van der Waals surface area contributed by atoms with Crippen LogP contribution in [0.5, 0.6) is 0 Å². The molecule has 0 aliphatic carbocycles. The summed E-state index contributed by atoms with van der Waals surface area (Å²) in [7, 11) is 0. The van der Waals surface area contributed by atoms with E-state index in [1.54, 1.807) is 0 Å². The molecule has 0 aromatic heterocycles. The van der Waals surface area contributed by atoms with E-state index in [0.29, 0.717) is 6.54 Å². The highest BCUT2D eigenvalue weighted by Crippen LogP contribution is 2.01. The van der Waals surface area contributed by atoms with E-state index in [9.17, 15) is 0 Å². The van der Waals surface area contributed by atoms with Crippen LogP contribution in [-0.4, -0.2) is 55.6 Å². The van der Waals surface area contributed by atoms with Gasteiger partial charge in [0.25, 0.3) is 0 Å². The first-order valence-corrected chi connectivity index (χ1v) is 4.96. The van der Waals surface area contributed by atoms with E-state index in [-0.39, 0.29) is 0 Å². The first kappa shape index (κ1) is 9.96. The Morgan fingerprint density at radius 3 is 1.92 bits per heavy atom. The normalized spacial score (nSPS) is 21.5. The lowest BCUT2D eigenvalue weighted by molar-refractivity contribution is 0.135. The quantitative estimate of drug-likeness (QED) is 0.607. The third kappa shape index (κ3) is 3.09. The summed E-state index contributed by atoms with van der Waals surface area (Å²) < 4.78 is 0. The summed E-state index contributed by atoms with van der Waals surface area (Å²) in [6, 6.07) is 0. The number of hydrogen-bond donors (Lipinski definition) is 0. The van der Waals surface area contributed by atoms with Gasteiger partial charge in [-0.1, -0.05) is 6.92 Å². The largest absolute Gasteiger partial charge is 0.301 e. The Bertz CT molecular complexity index is 94.3. The molecule has 0 aromatic carbocycles. The molecule has 1 saturated heterocycles. The van der Waals surface area contributed by atoms with Crippen molar-refractivity contribution in [1.82, 2.24) is 15.5 Å². The maximum Gasteiger partial charge on any atom is 0.0228 e. The zero-order chi connectivity index (χ0) is 8.81. The van der Waals surface area contributed by atoms with Crippen molar-refractivity contribution < 1.29 is 0 Å². The van der Waals surface area contributed by atoms with Gasteiger partial charge in [-0.2, -0.15) is 0 Å². The second-order valence-electron chi connectivity index (χ2n) is 3.43. The van der Waals surface area contributed by atoms with Crippen LogP contribution in [0.4, 0.5) is 0 Å². The minimum Gasteiger partial charge on any atom is -0.301 e. The highest BCUT2D eigenvalue weighted by molar-refractivity contribution is 4.71. The van der Waals surface area contributed by atoms with E-state index in [0.717, 1.165) is 6.54 Å². The smallest absolute Gasteiger partial charge is 0.0228 e.